The molecule has 0 radical (unpaired) electrons. The van der Waals surface area contributed by atoms with Crippen molar-refractivity contribution in [2.24, 2.45) is 0 Å². The van der Waals surface area contributed by atoms with Gasteiger partial charge in [-0.3, -0.25) is 0 Å². The van der Waals surface area contributed by atoms with Gasteiger partial charge in [0.05, 0.1) is 12.7 Å². The first-order valence-electron chi connectivity index (χ1n) is 5.92. The van der Waals surface area contributed by atoms with E-state index in [2.05, 4.69) is 4.74 Å². The highest BCUT2D eigenvalue weighted by atomic mass is 16.5. The molecular formula is C14H16O5. The Morgan fingerprint density at radius 1 is 1.21 bits per heavy atom. The van der Waals surface area contributed by atoms with Gasteiger partial charge in [-0.05, 0) is 12.0 Å². The van der Waals surface area contributed by atoms with Gasteiger partial charge in [-0.15, -0.1) is 0 Å². The van der Waals surface area contributed by atoms with Gasteiger partial charge in [-0.25, -0.2) is 9.59 Å². The maximum Gasteiger partial charge on any atom is 0.373 e. The lowest BCUT2D eigenvalue weighted by atomic mass is 10.2. The summed E-state index contributed by atoms with van der Waals surface area (Å²) < 4.78 is 9.52. The van der Waals surface area contributed by atoms with Crippen LogP contribution < -0.4 is 0 Å². The molecule has 0 amide bonds. The smallest absolute Gasteiger partial charge is 0.373 e. The van der Waals surface area contributed by atoms with E-state index in [0.29, 0.717) is 12.5 Å². The molecule has 0 aliphatic rings. The van der Waals surface area contributed by atoms with Crippen LogP contribution in [0.25, 0.3) is 0 Å². The van der Waals surface area contributed by atoms with E-state index in [-0.39, 0.29) is 13.2 Å². The molecule has 1 aromatic carbocycles. The molecule has 19 heavy (non-hydrogen) atoms. The summed E-state index contributed by atoms with van der Waals surface area (Å²) in [4.78, 5) is 22.5. The number of carbonyl (C=O) groups excluding carboxylic acids is 2. The monoisotopic (exact) mass is 264 g/mol. The number of aliphatic hydroxyl groups is 1. The number of hydrogen-bond donors (Lipinski definition) is 1. The summed E-state index contributed by atoms with van der Waals surface area (Å²) in [6.45, 7) is 2.09. The number of hydrogen-bond acceptors (Lipinski definition) is 5. The van der Waals surface area contributed by atoms with Crippen LogP contribution in [0.3, 0.4) is 0 Å². The standard InChI is InChI=1S/C14H16O5/c1-2-8-18-14(17)12(15)9-13(16)19-10-11-6-4-3-5-7-11/h3-7,9,15H,2,8,10H2,1H3/b12-9+. The van der Waals surface area contributed by atoms with Crippen LogP contribution in [0.15, 0.2) is 42.2 Å². The second-order valence-electron chi connectivity index (χ2n) is 3.76. The summed E-state index contributed by atoms with van der Waals surface area (Å²) in [5.41, 5.74) is 0.817. The Kier molecular flexibility index (Phi) is 6.15. The van der Waals surface area contributed by atoms with E-state index >= 15 is 0 Å². The van der Waals surface area contributed by atoms with Crippen LogP contribution in [-0.4, -0.2) is 23.7 Å². The SMILES string of the molecule is CCCOC(=O)/C(O)=C\C(=O)OCc1ccccc1. The fraction of sp³-hybridized carbons (Fsp3) is 0.286. The normalized spacial score (nSPS) is 10.9. The Bertz CT molecular complexity index is 450. The molecule has 0 saturated heterocycles. The van der Waals surface area contributed by atoms with Crippen molar-refractivity contribution in [1.29, 1.82) is 0 Å². The van der Waals surface area contributed by atoms with Crippen LogP contribution in [0.2, 0.25) is 0 Å². The van der Waals surface area contributed by atoms with E-state index in [1.165, 1.54) is 0 Å². The average Bonchev–Trinajstić information content (AvgIpc) is 2.43. The minimum Gasteiger partial charge on any atom is -0.502 e. The Labute approximate surface area is 111 Å². The fourth-order valence-electron chi connectivity index (χ4n) is 1.21. The highest BCUT2D eigenvalue weighted by Crippen LogP contribution is 2.02. The summed E-state index contributed by atoms with van der Waals surface area (Å²) in [7, 11) is 0. The first-order valence-corrected chi connectivity index (χ1v) is 5.92. The zero-order valence-corrected chi connectivity index (χ0v) is 10.7. The zero-order chi connectivity index (χ0) is 14.1. The number of benzene rings is 1. The Hall–Kier alpha value is -2.30. The van der Waals surface area contributed by atoms with Gasteiger partial charge in [-0.1, -0.05) is 37.3 Å². The van der Waals surface area contributed by atoms with Gasteiger partial charge in [0, 0.05) is 0 Å². The van der Waals surface area contributed by atoms with Crippen LogP contribution in [0.4, 0.5) is 0 Å². The molecule has 5 heteroatoms. The summed E-state index contributed by atoms with van der Waals surface area (Å²) in [5, 5.41) is 9.30. The molecule has 0 heterocycles. The molecule has 1 aromatic rings. The van der Waals surface area contributed by atoms with Gasteiger partial charge >= 0.3 is 11.9 Å². The molecule has 0 bridgehead atoms. The number of ether oxygens (including phenoxy) is 2. The van der Waals surface area contributed by atoms with Crippen molar-refractivity contribution in [3.05, 3.63) is 47.7 Å². The Morgan fingerprint density at radius 2 is 1.89 bits per heavy atom. The summed E-state index contributed by atoms with van der Waals surface area (Å²) in [5.74, 6) is -2.49. The lowest BCUT2D eigenvalue weighted by Gasteiger charge is -2.03. The molecule has 5 nitrogen and oxygen atoms in total. The quantitative estimate of drug-likeness (QED) is 0.484. The van der Waals surface area contributed by atoms with Gasteiger partial charge in [0.1, 0.15) is 6.61 Å². The van der Waals surface area contributed by atoms with Crippen molar-refractivity contribution >= 4 is 11.9 Å². The van der Waals surface area contributed by atoms with E-state index in [9.17, 15) is 14.7 Å². The summed E-state index contributed by atoms with van der Waals surface area (Å²) in [6.07, 6.45) is 1.35. The molecule has 0 spiro atoms. The Balaban J connectivity index is 2.43. The van der Waals surface area contributed by atoms with Gasteiger partial charge in [0.2, 0.25) is 5.76 Å². The molecule has 1 N–H and O–H groups in total. The van der Waals surface area contributed by atoms with Crippen LogP contribution in [0.1, 0.15) is 18.9 Å². The predicted octanol–water partition coefficient (Wildman–Crippen LogP) is 2.12. The maximum atomic E-state index is 11.3. The van der Waals surface area contributed by atoms with Gasteiger partial charge in [-0.2, -0.15) is 0 Å². The second-order valence-corrected chi connectivity index (χ2v) is 3.76. The molecule has 0 unspecified atom stereocenters. The van der Waals surface area contributed by atoms with Crippen LogP contribution in [-0.2, 0) is 25.7 Å². The van der Waals surface area contributed by atoms with Gasteiger partial charge < -0.3 is 14.6 Å². The summed E-state index contributed by atoms with van der Waals surface area (Å²) in [6, 6.07) is 9.08. The maximum absolute atomic E-state index is 11.3. The number of rotatable bonds is 6. The average molecular weight is 264 g/mol. The molecule has 0 fully saturated rings. The summed E-state index contributed by atoms with van der Waals surface area (Å²) >= 11 is 0. The molecule has 1 rings (SSSR count). The molecule has 102 valence electrons. The lowest BCUT2D eigenvalue weighted by Crippen LogP contribution is -2.11. The molecule has 0 aliphatic carbocycles. The minimum absolute atomic E-state index is 0.0768. The number of esters is 2. The first kappa shape index (κ1) is 14.8. The zero-order valence-electron chi connectivity index (χ0n) is 10.7. The first-order chi connectivity index (χ1) is 9.13. The van der Waals surface area contributed by atoms with E-state index in [1.807, 2.05) is 25.1 Å². The van der Waals surface area contributed by atoms with Crippen molar-refractivity contribution in [3.8, 4) is 0 Å². The van der Waals surface area contributed by atoms with Crippen molar-refractivity contribution in [2.75, 3.05) is 6.61 Å². The predicted molar refractivity (Wildman–Crippen MR) is 68.2 cm³/mol. The third-order valence-corrected chi connectivity index (χ3v) is 2.12. The second kappa shape index (κ2) is 7.92. The third-order valence-electron chi connectivity index (χ3n) is 2.12. The highest BCUT2D eigenvalue weighted by molar-refractivity contribution is 5.94. The molecule has 0 aromatic heterocycles. The van der Waals surface area contributed by atoms with Crippen LogP contribution in [0.5, 0.6) is 0 Å². The third kappa shape index (κ3) is 5.72. The minimum atomic E-state index is -0.932. The van der Waals surface area contributed by atoms with Crippen molar-refractivity contribution < 1.29 is 24.2 Å². The van der Waals surface area contributed by atoms with E-state index in [4.69, 9.17) is 4.74 Å². The Morgan fingerprint density at radius 3 is 2.53 bits per heavy atom. The highest BCUT2D eigenvalue weighted by Gasteiger charge is 2.11. The number of aliphatic hydroxyl groups excluding tert-OH is 1. The van der Waals surface area contributed by atoms with Gasteiger partial charge in [0.15, 0.2) is 0 Å². The lowest BCUT2D eigenvalue weighted by molar-refractivity contribution is -0.144. The topological polar surface area (TPSA) is 72.8 Å². The van der Waals surface area contributed by atoms with Crippen LogP contribution >= 0.6 is 0 Å². The van der Waals surface area contributed by atoms with Crippen molar-refractivity contribution in [3.63, 3.8) is 0 Å². The molecule has 0 aliphatic heterocycles. The molecule has 0 atom stereocenters. The van der Waals surface area contributed by atoms with E-state index in [0.717, 1.165) is 5.56 Å². The van der Waals surface area contributed by atoms with Gasteiger partial charge in [0.25, 0.3) is 0 Å². The van der Waals surface area contributed by atoms with Crippen LogP contribution in [0, 0.1) is 0 Å². The van der Waals surface area contributed by atoms with E-state index < -0.39 is 17.7 Å². The molecule has 0 saturated carbocycles. The fourth-order valence-corrected chi connectivity index (χ4v) is 1.21. The van der Waals surface area contributed by atoms with Crippen molar-refractivity contribution in [1.82, 2.24) is 0 Å². The largest absolute Gasteiger partial charge is 0.502 e. The van der Waals surface area contributed by atoms with Crippen molar-refractivity contribution in [2.45, 2.75) is 20.0 Å². The van der Waals surface area contributed by atoms with E-state index in [1.54, 1.807) is 12.1 Å². The molecular weight excluding hydrogens is 248 g/mol. The number of carbonyl (C=O) groups is 2.